The van der Waals surface area contributed by atoms with E-state index in [1.807, 2.05) is 25.1 Å². The van der Waals surface area contributed by atoms with Crippen LogP contribution in [-0.2, 0) is 13.0 Å². The van der Waals surface area contributed by atoms with E-state index in [1.165, 1.54) is 5.56 Å². The summed E-state index contributed by atoms with van der Waals surface area (Å²) in [6, 6.07) is 9.94. The number of aromatic nitrogens is 1. The quantitative estimate of drug-likeness (QED) is 0.481. The van der Waals surface area contributed by atoms with E-state index in [0.717, 1.165) is 17.8 Å². The van der Waals surface area contributed by atoms with E-state index in [2.05, 4.69) is 34.5 Å². The average Bonchev–Trinajstić information content (AvgIpc) is 2.83. The van der Waals surface area contributed by atoms with Crippen molar-refractivity contribution < 1.29 is 4.52 Å². The van der Waals surface area contributed by atoms with Gasteiger partial charge in [0.05, 0.1) is 5.69 Å². The number of anilines is 1. The fourth-order valence-electron chi connectivity index (χ4n) is 1.67. The molecule has 0 unspecified atom stereocenters. The van der Waals surface area contributed by atoms with Crippen molar-refractivity contribution in [2.75, 3.05) is 5.32 Å². The zero-order valence-corrected chi connectivity index (χ0v) is 13.9. The first-order valence-electron chi connectivity index (χ1n) is 6.25. The van der Waals surface area contributed by atoms with Crippen LogP contribution in [0.15, 0.2) is 39.8 Å². The Kier molecular flexibility index (Phi) is 6.50. The van der Waals surface area contributed by atoms with Crippen molar-refractivity contribution in [2.45, 2.75) is 26.8 Å². The zero-order chi connectivity index (χ0) is 13.7. The Labute approximate surface area is 135 Å². The predicted octanol–water partition coefficient (Wildman–Crippen LogP) is 3.09. The molecule has 1 aromatic heterocycles. The SMILES string of the molecule is CCc1ccc(NC(N)=NCc2cc(C)no2)cc1.I. The molecule has 2 rings (SSSR count). The van der Waals surface area contributed by atoms with Gasteiger partial charge in [-0.25, -0.2) is 4.99 Å². The highest BCUT2D eigenvalue weighted by atomic mass is 127. The molecule has 0 amide bonds. The van der Waals surface area contributed by atoms with Crippen molar-refractivity contribution >= 4 is 35.6 Å². The Balaban J connectivity index is 0.00000200. The first-order valence-corrected chi connectivity index (χ1v) is 6.25. The van der Waals surface area contributed by atoms with E-state index < -0.39 is 0 Å². The normalized spacial score (nSPS) is 11.0. The summed E-state index contributed by atoms with van der Waals surface area (Å²) in [5.74, 6) is 1.06. The summed E-state index contributed by atoms with van der Waals surface area (Å²) in [5.41, 5.74) is 8.86. The topological polar surface area (TPSA) is 76.4 Å². The maximum absolute atomic E-state index is 5.81. The van der Waals surface area contributed by atoms with Crippen LogP contribution in [0.1, 0.15) is 23.9 Å². The minimum absolute atomic E-state index is 0. The van der Waals surface area contributed by atoms with Crippen molar-refractivity contribution in [2.24, 2.45) is 10.7 Å². The van der Waals surface area contributed by atoms with E-state index in [0.29, 0.717) is 18.3 Å². The summed E-state index contributed by atoms with van der Waals surface area (Å²) in [5, 5.41) is 6.83. The molecule has 0 fully saturated rings. The molecule has 0 saturated carbocycles. The maximum Gasteiger partial charge on any atom is 0.193 e. The van der Waals surface area contributed by atoms with Gasteiger partial charge in [0.25, 0.3) is 0 Å². The smallest absolute Gasteiger partial charge is 0.193 e. The molecular formula is C14H19IN4O. The number of nitrogens with zero attached hydrogens (tertiary/aromatic N) is 2. The number of guanidine groups is 1. The van der Waals surface area contributed by atoms with Crippen molar-refractivity contribution in [3.05, 3.63) is 47.3 Å². The Morgan fingerprint density at radius 3 is 2.60 bits per heavy atom. The van der Waals surface area contributed by atoms with Crippen molar-refractivity contribution in [1.29, 1.82) is 0 Å². The number of hydrogen-bond acceptors (Lipinski definition) is 3. The second-order valence-corrected chi connectivity index (χ2v) is 4.31. The van der Waals surface area contributed by atoms with Crippen LogP contribution in [0, 0.1) is 6.92 Å². The van der Waals surface area contributed by atoms with E-state index in [1.54, 1.807) is 0 Å². The van der Waals surface area contributed by atoms with Gasteiger partial charge in [-0.05, 0) is 31.0 Å². The number of aliphatic imine (C=N–C) groups is 1. The molecule has 0 aliphatic heterocycles. The van der Waals surface area contributed by atoms with Crippen LogP contribution >= 0.6 is 24.0 Å². The van der Waals surface area contributed by atoms with Crippen molar-refractivity contribution in [1.82, 2.24) is 5.16 Å². The molecule has 3 N–H and O–H groups in total. The predicted molar refractivity (Wildman–Crippen MR) is 91.4 cm³/mol. The number of benzene rings is 1. The van der Waals surface area contributed by atoms with Gasteiger partial charge in [0.1, 0.15) is 6.54 Å². The Morgan fingerprint density at radius 1 is 1.35 bits per heavy atom. The Morgan fingerprint density at radius 2 is 2.05 bits per heavy atom. The van der Waals surface area contributed by atoms with E-state index in [-0.39, 0.29) is 24.0 Å². The summed E-state index contributed by atoms with van der Waals surface area (Å²) in [7, 11) is 0. The summed E-state index contributed by atoms with van der Waals surface area (Å²) < 4.78 is 5.05. The second kappa shape index (κ2) is 7.88. The van der Waals surface area contributed by atoms with Gasteiger partial charge in [-0.15, -0.1) is 24.0 Å². The van der Waals surface area contributed by atoms with Crippen LogP contribution in [-0.4, -0.2) is 11.1 Å². The lowest BCUT2D eigenvalue weighted by Crippen LogP contribution is -2.22. The Bertz CT molecular complexity index is 563. The highest BCUT2D eigenvalue weighted by Gasteiger charge is 2.00. The third kappa shape index (κ3) is 4.84. The van der Waals surface area contributed by atoms with Crippen LogP contribution < -0.4 is 11.1 Å². The number of nitrogens with two attached hydrogens (primary N) is 1. The second-order valence-electron chi connectivity index (χ2n) is 4.31. The minimum atomic E-state index is 0. The molecule has 20 heavy (non-hydrogen) atoms. The molecule has 0 aliphatic carbocycles. The number of aryl methyl sites for hydroxylation is 2. The fourth-order valence-corrected chi connectivity index (χ4v) is 1.67. The monoisotopic (exact) mass is 386 g/mol. The van der Waals surface area contributed by atoms with Gasteiger partial charge in [-0.2, -0.15) is 0 Å². The first-order chi connectivity index (χ1) is 9.17. The van der Waals surface area contributed by atoms with Crippen LogP contribution in [0.3, 0.4) is 0 Å². The number of halogens is 1. The van der Waals surface area contributed by atoms with Gasteiger partial charge in [0, 0.05) is 11.8 Å². The summed E-state index contributed by atoms with van der Waals surface area (Å²) in [6.07, 6.45) is 1.02. The van der Waals surface area contributed by atoms with Crippen LogP contribution in [0.5, 0.6) is 0 Å². The lowest BCUT2D eigenvalue weighted by molar-refractivity contribution is 0.381. The first kappa shape index (κ1) is 16.5. The molecule has 2 aromatic rings. The summed E-state index contributed by atoms with van der Waals surface area (Å²) in [4.78, 5) is 4.20. The lowest BCUT2D eigenvalue weighted by Gasteiger charge is -2.05. The summed E-state index contributed by atoms with van der Waals surface area (Å²) in [6.45, 7) is 4.37. The van der Waals surface area contributed by atoms with Crippen molar-refractivity contribution in [3.63, 3.8) is 0 Å². The van der Waals surface area contributed by atoms with Gasteiger partial charge in [-0.1, -0.05) is 24.2 Å². The zero-order valence-electron chi connectivity index (χ0n) is 11.6. The molecule has 5 nitrogen and oxygen atoms in total. The largest absolute Gasteiger partial charge is 0.370 e. The molecule has 0 radical (unpaired) electrons. The van der Waals surface area contributed by atoms with Gasteiger partial charge in [-0.3, -0.25) is 0 Å². The third-order valence-electron chi connectivity index (χ3n) is 2.72. The van der Waals surface area contributed by atoms with E-state index in [4.69, 9.17) is 10.3 Å². The number of hydrogen-bond donors (Lipinski definition) is 2. The molecule has 0 spiro atoms. The minimum Gasteiger partial charge on any atom is -0.370 e. The molecule has 108 valence electrons. The van der Waals surface area contributed by atoms with Gasteiger partial charge < -0.3 is 15.6 Å². The Hall–Kier alpha value is -1.57. The van der Waals surface area contributed by atoms with E-state index >= 15 is 0 Å². The van der Waals surface area contributed by atoms with Gasteiger partial charge in [0.2, 0.25) is 0 Å². The lowest BCUT2D eigenvalue weighted by atomic mass is 10.1. The molecular weight excluding hydrogens is 367 g/mol. The highest BCUT2D eigenvalue weighted by molar-refractivity contribution is 14.0. The van der Waals surface area contributed by atoms with Crippen molar-refractivity contribution in [3.8, 4) is 0 Å². The molecule has 0 saturated heterocycles. The molecule has 0 bridgehead atoms. The molecule has 1 heterocycles. The molecule has 1 aromatic carbocycles. The number of rotatable bonds is 4. The third-order valence-corrected chi connectivity index (χ3v) is 2.72. The maximum atomic E-state index is 5.81. The number of nitrogens with one attached hydrogen (secondary N) is 1. The van der Waals surface area contributed by atoms with E-state index in [9.17, 15) is 0 Å². The summed E-state index contributed by atoms with van der Waals surface area (Å²) >= 11 is 0. The van der Waals surface area contributed by atoms with Crippen LogP contribution in [0.2, 0.25) is 0 Å². The molecule has 0 atom stereocenters. The fraction of sp³-hybridized carbons (Fsp3) is 0.286. The standard InChI is InChI=1S/C14H18N4O.HI/c1-3-11-4-6-12(7-5-11)17-14(15)16-9-13-8-10(2)18-19-13;/h4-8H,3,9H2,1-2H3,(H3,15,16,17);1H. The highest BCUT2D eigenvalue weighted by Crippen LogP contribution is 2.10. The van der Waals surface area contributed by atoms with Gasteiger partial charge in [0.15, 0.2) is 11.7 Å². The molecule has 6 heteroatoms. The van der Waals surface area contributed by atoms with Gasteiger partial charge >= 0.3 is 0 Å². The van der Waals surface area contributed by atoms with Crippen LogP contribution in [0.25, 0.3) is 0 Å². The molecule has 0 aliphatic rings. The van der Waals surface area contributed by atoms with Crippen LogP contribution in [0.4, 0.5) is 5.69 Å². The average molecular weight is 386 g/mol.